The Labute approximate surface area is 112 Å². The smallest absolute Gasteiger partial charge is 0.226 e. The van der Waals surface area contributed by atoms with Gasteiger partial charge in [0, 0.05) is 12.5 Å². The molecule has 0 saturated heterocycles. The molecule has 0 aliphatic rings. The topological polar surface area (TPSA) is 74.2 Å². The Kier molecular flexibility index (Phi) is 4.52. The molecule has 1 unspecified atom stereocenters. The van der Waals surface area contributed by atoms with E-state index in [1.807, 2.05) is 38.1 Å². The SMILES string of the molecule is CCc1nc(COc2ccc(CC(C)N)cc2)no1. The maximum atomic E-state index is 5.75. The molecule has 0 bridgehead atoms. The molecule has 0 amide bonds. The van der Waals surface area contributed by atoms with Gasteiger partial charge in [-0.25, -0.2) is 0 Å². The Balaban J connectivity index is 1.89. The van der Waals surface area contributed by atoms with Crippen molar-refractivity contribution in [3.05, 3.63) is 41.5 Å². The number of nitrogens with two attached hydrogens (primary N) is 1. The first-order valence-corrected chi connectivity index (χ1v) is 6.46. The molecule has 0 aliphatic carbocycles. The molecule has 1 aromatic carbocycles. The highest BCUT2D eigenvalue weighted by Gasteiger charge is 2.05. The van der Waals surface area contributed by atoms with Gasteiger partial charge in [0.25, 0.3) is 0 Å². The zero-order chi connectivity index (χ0) is 13.7. The lowest BCUT2D eigenvalue weighted by atomic mass is 10.1. The standard InChI is InChI=1S/C14H19N3O2/c1-3-14-16-13(17-19-14)9-18-12-6-4-11(5-7-12)8-10(2)15/h4-7,10H,3,8-9,15H2,1-2H3. The van der Waals surface area contributed by atoms with Crippen LogP contribution in [0.2, 0.25) is 0 Å². The van der Waals surface area contributed by atoms with Gasteiger partial charge in [-0.1, -0.05) is 24.2 Å². The fourth-order valence-electron chi connectivity index (χ4n) is 1.73. The molecule has 0 spiro atoms. The summed E-state index contributed by atoms with van der Waals surface area (Å²) in [5.74, 6) is 1.98. The molecule has 0 saturated carbocycles. The zero-order valence-corrected chi connectivity index (χ0v) is 11.3. The maximum Gasteiger partial charge on any atom is 0.226 e. The van der Waals surface area contributed by atoms with Gasteiger partial charge >= 0.3 is 0 Å². The van der Waals surface area contributed by atoms with Crippen molar-refractivity contribution in [3.63, 3.8) is 0 Å². The second kappa shape index (κ2) is 6.33. The normalized spacial score (nSPS) is 12.4. The van der Waals surface area contributed by atoms with E-state index in [0.717, 1.165) is 18.6 Å². The van der Waals surface area contributed by atoms with Crippen molar-refractivity contribution >= 4 is 0 Å². The van der Waals surface area contributed by atoms with Crippen LogP contribution in [0.1, 0.15) is 31.1 Å². The quantitative estimate of drug-likeness (QED) is 0.862. The van der Waals surface area contributed by atoms with E-state index in [1.165, 1.54) is 5.56 Å². The summed E-state index contributed by atoms with van der Waals surface area (Å²) >= 11 is 0. The number of benzene rings is 1. The van der Waals surface area contributed by atoms with E-state index in [9.17, 15) is 0 Å². The van der Waals surface area contributed by atoms with Gasteiger partial charge in [-0.05, 0) is 31.0 Å². The molecule has 1 heterocycles. The van der Waals surface area contributed by atoms with Gasteiger partial charge < -0.3 is 15.0 Å². The van der Waals surface area contributed by atoms with Gasteiger partial charge in [-0.15, -0.1) is 0 Å². The van der Waals surface area contributed by atoms with Gasteiger partial charge in [0.2, 0.25) is 11.7 Å². The van der Waals surface area contributed by atoms with Gasteiger partial charge in [-0.2, -0.15) is 4.98 Å². The van der Waals surface area contributed by atoms with Crippen molar-refractivity contribution in [2.75, 3.05) is 0 Å². The van der Waals surface area contributed by atoms with E-state index < -0.39 is 0 Å². The summed E-state index contributed by atoms with van der Waals surface area (Å²) in [6.07, 6.45) is 1.60. The first-order valence-electron chi connectivity index (χ1n) is 6.46. The van der Waals surface area contributed by atoms with Crippen LogP contribution in [-0.4, -0.2) is 16.2 Å². The number of ether oxygens (including phenoxy) is 1. The molecule has 0 aliphatic heterocycles. The molecule has 19 heavy (non-hydrogen) atoms. The van der Waals surface area contributed by atoms with E-state index in [2.05, 4.69) is 10.1 Å². The molecule has 0 radical (unpaired) electrons. The van der Waals surface area contributed by atoms with E-state index in [4.69, 9.17) is 15.0 Å². The van der Waals surface area contributed by atoms with Crippen LogP contribution in [0.4, 0.5) is 0 Å². The number of aromatic nitrogens is 2. The monoisotopic (exact) mass is 261 g/mol. The average molecular weight is 261 g/mol. The van der Waals surface area contributed by atoms with Crippen molar-refractivity contribution in [1.82, 2.24) is 10.1 Å². The van der Waals surface area contributed by atoms with Crippen LogP contribution in [-0.2, 0) is 19.4 Å². The van der Waals surface area contributed by atoms with Crippen LogP contribution < -0.4 is 10.5 Å². The third kappa shape index (κ3) is 4.06. The van der Waals surface area contributed by atoms with Crippen LogP contribution in [0, 0.1) is 0 Å². The fraction of sp³-hybridized carbons (Fsp3) is 0.429. The van der Waals surface area contributed by atoms with E-state index >= 15 is 0 Å². The van der Waals surface area contributed by atoms with E-state index in [1.54, 1.807) is 0 Å². The van der Waals surface area contributed by atoms with Crippen LogP contribution in [0.15, 0.2) is 28.8 Å². The zero-order valence-electron chi connectivity index (χ0n) is 11.3. The van der Waals surface area contributed by atoms with E-state index in [0.29, 0.717) is 18.3 Å². The highest BCUT2D eigenvalue weighted by atomic mass is 16.5. The molecule has 0 fully saturated rings. The van der Waals surface area contributed by atoms with Crippen molar-refractivity contribution in [2.45, 2.75) is 39.3 Å². The Morgan fingerprint density at radius 3 is 2.63 bits per heavy atom. The van der Waals surface area contributed by atoms with Crippen molar-refractivity contribution in [2.24, 2.45) is 5.73 Å². The Bertz CT molecular complexity index is 506. The molecule has 102 valence electrons. The van der Waals surface area contributed by atoms with Crippen LogP contribution in [0.5, 0.6) is 5.75 Å². The Hall–Kier alpha value is -1.88. The molecule has 2 N–H and O–H groups in total. The Morgan fingerprint density at radius 1 is 1.32 bits per heavy atom. The van der Waals surface area contributed by atoms with Crippen molar-refractivity contribution in [3.8, 4) is 5.75 Å². The molecule has 2 rings (SSSR count). The van der Waals surface area contributed by atoms with Crippen LogP contribution in [0.25, 0.3) is 0 Å². The number of aryl methyl sites for hydroxylation is 1. The number of rotatable bonds is 6. The minimum atomic E-state index is 0.165. The summed E-state index contributed by atoms with van der Waals surface area (Å²) < 4.78 is 10.6. The summed E-state index contributed by atoms with van der Waals surface area (Å²) in [6, 6.07) is 8.06. The molecular weight excluding hydrogens is 242 g/mol. The lowest BCUT2D eigenvalue weighted by Crippen LogP contribution is -2.17. The van der Waals surface area contributed by atoms with Gasteiger partial charge in [0.05, 0.1) is 0 Å². The van der Waals surface area contributed by atoms with Crippen molar-refractivity contribution < 1.29 is 9.26 Å². The molecule has 5 nitrogen and oxygen atoms in total. The maximum absolute atomic E-state index is 5.75. The van der Waals surface area contributed by atoms with E-state index in [-0.39, 0.29) is 6.04 Å². The number of hydrogen-bond acceptors (Lipinski definition) is 5. The molecule has 2 aromatic rings. The minimum Gasteiger partial charge on any atom is -0.485 e. The van der Waals surface area contributed by atoms with Crippen LogP contribution >= 0.6 is 0 Å². The molecule has 5 heteroatoms. The third-order valence-electron chi connectivity index (χ3n) is 2.66. The number of hydrogen-bond donors (Lipinski definition) is 1. The molecule has 1 atom stereocenters. The summed E-state index contributed by atoms with van der Waals surface area (Å²) in [5, 5.41) is 3.83. The first kappa shape index (κ1) is 13.5. The van der Waals surface area contributed by atoms with Gasteiger partial charge in [-0.3, -0.25) is 0 Å². The lowest BCUT2D eigenvalue weighted by molar-refractivity contribution is 0.285. The lowest BCUT2D eigenvalue weighted by Gasteiger charge is -2.07. The van der Waals surface area contributed by atoms with Gasteiger partial charge in [0.1, 0.15) is 5.75 Å². The summed E-state index contributed by atoms with van der Waals surface area (Å²) in [5.41, 5.74) is 6.96. The summed E-state index contributed by atoms with van der Waals surface area (Å²) in [7, 11) is 0. The first-order chi connectivity index (χ1) is 9.17. The second-order valence-corrected chi connectivity index (χ2v) is 4.57. The van der Waals surface area contributed by atoms with Gasteiger partial charge in [0.15, 0.2) is 6.61 Å². The van der Waals surface area contributed by atoms with Crippen LogP contribution in [0.3, 0.4) is 0 Å². The Morgan fingerprint density at radius 2 is 2.05 bits per heavy atom. The highest BCUT2D eigenvalue weighted by Crippen LogP contribution is 2.14. The highest BCUT2D eigenvalue weighted by molar-refractivity contribution is 5.27. The summed E-state index contributed by atoms with van der Waals surface area (Å²) in [4.78, 5) is 4.18. The third-order valence-corrected chi connectivity index (χ3v) is 2.66. The molecular formula is C14H19N3O2. The largest absolute Gasteiger partial charge is 0.485 e. The minimum absolute atomic E-state index is 0.165. The van der Waals surface area contributed by atoms with Crippen molar-refractivity contribution in [1.29, 1.82) is 0 Å². The fourth-order valence-corrected chi connectivity index (χ4v) is 1.73. The number of nitrogens with zero attached hydrogens (tertiary/aromatic N) is 2. The predicted molar refractivity (Wildman–Crippen MR) is 71.8 cm³/mol. The molecule has 1 aromatic heterocycles. The summed E-state index contributed by atoms with van der Waals surface area (Å²) in [6.45, 7) is 4.28. The predicted octanol–water partition coefficient (Wildman–Crippen LogP) is 2.10. The second-order valence-electron chi connectivity index (χ2n) is 4.57. The average Bonchev–Trinajstić information content (AvgIpc) is 2.85.